The number of benzene rings is 2. The second-order valence-electron chi connectivity index (χ2n) is 6.08. The molecule has 2 aromatic carbocycles. The molecule has 0 radical (unpaired) electrons. The van der Waals surface area contributed by atoms with Gasteiger partial charge in [0.2, 0.25) is 5.91 Å². The highest BCUT2D eigenvalue weighted by Gasteiger charge is 2.30. The average Bonchev–Trinajstić information content (AvgIpc) is 3.05. The van der Waals surface area contributed by atoms with E-state index in [0.717, 1.165) is 11.1 Å². The predicted molar refractivity (Wildman–Crippen MR) is 93.3 cm³/mol. The van der Waals surface area contributed by atoms with Crippen molar-refractivity contribution in [1.82, 2.24) is 9.78 Å². The van der Waals surface area contributed by atoms with Crippen LogP contribution in [0.15, 0.2) is 48.7 Å². The second-order valence-corrected chi connectivity index (χ2v) is 6.08. The molecule has 4 rings (SSSR count). The molecule has 2 N–H and O–H groups in total. The Morgan fingerprint density at radius 2 is 2.15 bits per heavy atom. The first-order valence-corrected chi connectivity index (χ1v) is 8.07. The summed E-state index contributed by atoms with van der Waals surface area (Å²) in [5.41, 5.74) is 2.17. The number of hydrogen-bond acceptors (Lipinski definition) is 4. The smallest absolute Gasteiger partial charge is 0.226 e. The lowest BCUT2D eigenvalue weighted by atomic mass is 9.87. The van der Waals surface area contributed by atoms with E-state index in [2.05, 4.69) is 10.4 Å². The van der Waals surface area contributed by atoms with Crippen LogP contribution in [0.5, 0.6) is 11.5 Å². The van der Waals surface area contributed by atoms with Crippen LogP contribution in [0.1, 0.15) is 23.5 Å². The molecule has 0 unspecified atom stereocenters. The number of aromatic hydroxyl groups is 1. The Hall–Kier alpha value is -3.35. The van der Waals surface area contributed by atoms with Gasteiger partial charge >= 0.3 is 0 Å². The van der Waals surface area contributed by atoms with Crippen molar-refractivity contribution in [2.24, 2.45) is 0 Å². The Balaban J connectivity index is 1.81. The minimum atomic E-state index is -0.381. The summed E-state index contributed by atoms with van der Waals surface area (Å²) in [4.78, 5) is 12.3. The quantitative estimate of drug-likeness (QED) is 0.758. The molecule has 0 aliphatic carbocycles. The SMILES string of the molecule is COc1cc([C@H]2CC(=O)Nc3c2cnn3-c2cccc(F)c2)ccc1O. The molecule has 0 saturated carbocycles. The normalized spacial score (nSPS) is 16.1. The maximum atomic E-state index is 13.6. The zero-order chi connectivity index (χ0) is 18.3. The number of methoxy groups -OCH3 is 1. The molecule has 0 saturated heterocycles. The fourth-order valence-corrected chi connectivity index (χ4v) is 3.23. The first kappa shape index (κ1) is 16.1. The molecule has 2 heterocycles. The molecule has 6 nitrogen and oxygen atoms in total. The third-order valence-corrected chi connectivity index (χ3v) is 4.48. The van der Waals surface area contributed by atoms with Gasteiger partial charge in [-0.3, -0.25) is 4.79 Å². The maximum absolute atomic E-state index is 13.6. The number of carbonyl (C=O) groups excluding carboxylic acids is 1. The van der Waals surface area contributed by atoms with Crippen LogP contribution >= 0.6 is 0 Å². The monoisotopic (exact) mass is 353 g/mol. The van der Waals surface area contributed by atoms with E-state index in [1.807, 2.05) is 0 Å². The van der Waals surface area contributed by atoms with Crippen molar-refractivity contribution in [1.29, 1.82) is 0 Å². The number of nitrogens with zero attached hydrogens (tertiary/aromatic N) is 2. The van der Waals surface area contributed by atoms with Crippen molar-refractivity contribution in [2.45, 2.75) is 12.3 Å². The van der Waals surface area contributed by atoms with Gasteiger partial charge in [-0.1, -0.05) is 12.1 Å². The molecule has 26 heavy (non-hydrogen) atoms. The van der Waals surface area contributed by atoms with E-state index in [0.29, 0.717) is 17.3 Å². The van der Waals surface area contributed by atoms with E-state index in [1.165, 1.54) is 30.0 Å². The Morgan fingerprint density at radius 3 is 2.92 bits per heavy atom. The largest absolute Gasteiger partial charge is 0.504 e. The Labute approximate surface area is 148 Å². The Morgan fingerprint density at radius 1 is 1.31 bits per heavy atom. The fourth-order valence-electron chi connectivity index (χ4n) is 3.23. The number of amides is 1. The van der Waals surface area contributed by atoms with Crippen LogP contribution in [-0.4, -0.2) is 27.9 Å². The number of carbonyl (C=O) groups is 1. The van der Waals surface area contributed by atoms with Gasteiger partial charge in [0.05, 0.1) is 19.0 Å². The number of halogens is 1. The van der Waals surface area contributed by atoms with Gasteiger partial charge in [0.1, 0.15) is 11.6 Å². The molecule has 3 aromatic rings. The number of phenolic OH excluding ortho intramolecular Hbond substituents is 1. The van der Waals surface area contributed by atoms with Crippen molar-refractivity contribution in [3.05, 3.63) is 65.6 Å². The molecular formula is C19H16FN3O3. The summed E-state index contributed by atoms with van der Waals surface area (Å²) in [5.74, 6) is 0.112. The van der Waals surface area contributed by atoms with Gasteiger partial charge in [-0.25, -0.2) is 9.07 Å². The second kappa shape index (κ2) is 6.18. The van der Waals surface area contributed by atoms with E-state index in [9.17, 15) is 14.3 Å². The van der Waals surface area contributed by atoms with E-state index in [4.69, 9.17) is 4.74 Å². The Bertz CT molecular complexity index is 999. The van der Waals surface area contributed by atoms with Crippen molar-refractivity contribution < 1.29 is 19.0 Å². The number of ether oxygens (including phenoxy) is 1. The third-order valence-electron chi connectivity index (χ3n) is 4.48. The first-order chi connectivity index (χ1) is 12.6. The number of phenols is 1. The van der Waals surface area contributed by atoms with Crippen molar-refractivity contribution in [2.75, 3.05) is 12.4 Å². The lowest BCUT2D eigenvalue weighted by molar-refractivity contribution is -0.116. The fraction of sp³-hybridized carbons (Fsp3) is 0.158. The number of rotatable bonds is 3. The van der Waals surface area contributed by atoms with Crippen LogP contribution in [0.2, 0.25) is 0 Å². The summed E-state index contributed by atoms with van der Waals surface area (Å²) in [6, 6.07) is 11.0. The summed E-state index contributed by atoms with van der Waals surface area (Å²) in [6.45, 7) is 0. The molecule has 1 amide bonds. The summed E-state index contributed by atoms with van der Waals surface area (Å²) >= 11 is 0. The van der Waals surface area contributed by atoms with Crippen LogP contribution in [0, 0.1) is 5.82 Å². The maximum Gasteiger partial charge on any atom is 0.226 e. The van der Waals surface area contributed by atoms with Crippen molar-refractivity contribution in [3.8, 4) is 17.2 Å². The molecule has 1 aromatic heterocycles. The number of hydrogen-bond donors (Lipinski definition) is 2. The molecule has 0 bridgehead atoms. The number of fused-ring (bicyclic) bond motifs is 1. The van der Waals surface area contributed by atoms with Crippen LogP contribution in [0.4, 0.5) is 10.2 Å². The summed E-state index contributed by atoms with van der Waals surface area (Å²) in [7, 11) is 1.47. The van der Waals surface area contributed by atoms with Gasteiger partial charge in [-0.2, -0.15) is 5.10 Å². The number of aromatic nitrogens is 2. The van der Waals surface area contributed by atoms with E-state index in [-0.39, 0.29) is 29.8 Å². The topological polar surface area (TPSA) is 76.4 Å². The van der Waals surface area contributed by atoms with Crippen LogP contribution < -0.4 is 10.1 Å². The molecular weight excluding hydrogens is 337 g/mol. The lowest BCUT2D eigenvalue weighted by Crippen LogP contribution is -2.24. The van der Waals surface area contributed by atoms with Gasteiger partial charge in [-0.15, -0.1) is 0 Å². The number of anilines is 1. The molecule has 1 aliphatic rings. The van der Waals surface area contributed by atoms with Gasteiger partial charge in [-0.05, 0) is 35.9 Å². The average molecular weight is 353 g/mol. The molecule has 1 atom stereocenters. The van der Waals surface area contributed by atoms with E-state index in [1.54, 1.807) is 30.5 Å². The van der Waals surface area contributed by atoms with Crippen molar-refractivity contribution >= 4 is 11.7 Å². The van der Waals surface area contributed by atoms with Gasteiger partial charge < -0.3 is 15.2 Å². The molecule has 0 fully saturated rings. The van der Waals surface area contributed by atoms with Crippen molar-refractivity contribution in [3.63, 3.8) is 0 Å². The van der Waals surface area contributed by atoms with Gasteiger partial charge in [0.15, 0.2) is 11.5 Å². The minimum Gasteiger partial charge on any atom is -0.504 e. The van der Waals surface area contributed by atoms with E-state index < -0.39 is 0 Å². The zero-order valence-electron chi connectivity index (χ0n) is 13.9. The Kier molecular flexibility index (Phi) is 3.84. The summed E-state index contributed by atoms with van der Waals surface area (Å²) in [6.07, 6.45) is 1.92. The molecule has 0 spiro atoms. The highest BCUT2D eigenvalue weighted by atomic mass is 19.1. The minimum absolute atomic E-state index is 0.0344. The standard InChI is InChI=1S/C19H16FN3O3/c1-26-17-7-11(5-6-16(17)24)14-9-18(25)22-19-15(14)10-21-23(19)13-4-2-3-12(20)8-13/h2-8,10,14,24H,9H2,1H3,(H,22,25)/t14-/m1/s1. The summed E-state index contributed by atoms with van der Waals surface area (Å²) in [5, 5.41) is 17.0. The summed E-state index contributed by atoms with van der Waals surface area (Å²) < 4.78 is 20.2. The first-order valence-electron chi connectivity index (χ1n) is 8.07. The molecule has 132 valence electrons. The zero-order valence-corrected chi connectivity index (χ0v) is 13.9. The van der Waals surface area contributed by atoms with Crippen LogP contribution in [0.3, 0.4) is 0 Å². The highest BCUT2D eigenvalue weighted by Crippen LogP contribution is 2.40. The van der Waals surface area contributed by atoms with Crippen LogP contribution in [-0.2, 0) is 4.79 Å². The number of nitrogens with one attached hydrogen (secondary N) is 1. The molecule has 1 aliphatic heterocycles. The van der Waals surface area contributed by atoms with E-state index >= 15 is 0 Å². The molecule has 7 heteroatoms. The van der Waals surface area contributed by atoms with Crippen LogP contribution in [0.25, 0.3) is 5.69 Å². The third kappa shape index (κ3) is 2.67. The van der Waals surface area contributed by atoms with Gasteiger partial charge in [0, 0.05) is 17.9 Å². The van der Waals surface area contributed by atoms with Gasteiger partial charge in [0.25, 0.3) is 0 Å². The highest BCUT2D eigenvalue weighted by molar-refractivity contribution is 5.94. The predicted octanol–water partition coefficient (Wildman–Crippen LogP) is 3.20. The lowest BCUT2D eigenvalue weighted by Gasteiger charge is -2.24.